The largest absolute Gasteiger partial charge is 0.493 e. The molecule has 0 aliphatic carbocycles. The van der Waals surface area contributed by atoms with E-state index in [9.17, 15) is 9.59 Å². The highest BCUT2D eigenvalue weighted by atomic mass is 16.5. The summed E-state index contributed by atoms with van der Waals surface area (Å²) in [5, 5.41) is 0.481. The fourth-order valence-corrected chi connectivity index (χ4v) is 4.10. The van der Waals surface area contributed by atoms with E-state index < -0.39 is 6.04 Å². The summed E-state index contributed by atoms with van der Waals surface area (Å²) in [7, 11) is 3.26. The first kappa shape index (κ1) is 21.0. The van der Waals surface area contributed by atoms with E-state index in [-0.39, 0.29) is 17.1 Å². The quantitative estimate of drug-likeness (QED) is 0.510. The van der Waals surface area contributed by atoms with Gasteiger partial charge in [0.05, 0.1) is 30.7 Å². The first-order valence-corrected chi connectivity index (χ1v) is 10.6. The Bertz CT molecular complexity index is 1200. The molecule has 0 spiro atoms. The number of ether oxygens (including phenoxy) is 2. The molecule has 2 aromatic carbocycles. The molecule has 1 aliphatic heterocycles. The SMILES string of the molecule is CCCCCOc1ccc(C2c3c(oc4ccc(C)cc4c3=O)C(=O)N2C)cc1OC. The summed E-state index contributed by atoms with van der Waals surface area (Å²) in [6, 6.07) is 10.4. The molecule has 1 atom stereocenters. The van der Waals surface area contributed by atoms with Crippen LogP contribution in [0.3, 0.4) is 0 Å². The zero-order valence-corrected chi connectivity index (χ0v) is 18.4. The number of benzene rings is 2. The third-order valence-electron chi connectivity index (χ3n) is 5.77. The monoisotopic (exact) mass is 421 g/mol. The number of nitrogens with zero attached hydrogens (tertiary/aromatic N) is 1. The lowest BCUT2D eigenvalue weighted by molar-refractivity contribution is 0.0771. The Morgan fingerprint density at radius 1 is 1.06 bits per heavy atom. The van der Waals surface area contributed by atoms with Gasteiger partial charge in [-0.1, -0.05) is 37.5 Å². The van der Waals surface area contributed by atoms with E-state index >= 15 is 0 Å². The summed E-state index contributed by atoms with van der Waals surface area (Å²) in [4.78, 5) is 27.8. The van der Waals surface area contributed by atoms with Crippen molar-refractivity contribution >= 4 is 16.9 Å². The topological polar surface area (TPSA) is 69.0 Å². The van der Waals surface area contributed by atoms with Crippen molar-refractivity contribution in [3.63, 3.8) is 0 Å². The smallest absolute Gasteiger partial charge is 0.290 e. The number of amides is 1. The van der Waals surface area contributed by atoms with Gasteiger partial charge in [-0.2, -0.15) is 0 Å². The van der Waals surface area contributed by atoms with Gasteiger partial charge in [-0.3, -0.25) is 9.59 Å². The number of aryl methyl sites for hydroxylation is 1. The minimum Gasteiger partial charge on any atom is -0.493 e. The van der Waals surface area contributed by atoms with Crippen LogP contribution in [0.2, 0.25) is 0 Å². The van der Waals surface area contributed by atoms with Crippen LogP contribution >= 0.6 is 0 Å². The fraction of sp³-hybridized carbons (Fsp3) is 0.360. The second-order valence-corrected chi connectivity index (χ2v) is 7.96. The third kappa shape index (κ3) is 3.67. The van der Waals surface area contributed by atoms with Crippen molar-refractivity contribution in [2.75, 3.05) is 20.8 Å². The molecule has 0 fully saturated rings. The molecule has 1 unspecified atom stereocenters. The van der Waals surface area contributed by atoms with Gasteiger partial charge in [0.15, 0.2) is 16.9 Å². The van der Waals surface area contributed by atoms with Crippen LogP contribution in [-0.4, -0.2) is 31.6 Å². The van der Waals surface area contributed by atoms with E-state index in [1.807, 2.05) is 31.2 Å². The van der Waals surface area contributed by atoms with E-state index in [1.54, 1.807) is 26.3 Å². The fourth-order valence-electron chi connectivity index (χ4n) is 4.10. The standard InChI is InChI=1S/C25H27NO5/c1-5-6-7-12-30-19-11-9-16(14-20(19)29-4)22-21-23(27)17-13-15(2)8-10-18(17)31-24(21)25(28)26(22)3/h8-11,13-14,22H,5-7,12H2,1-4H3. The Morgan fingerprint density at radius 2 is 1.87 bits per heavy atom. The highest BCUT2D eigenvalue weighted by molar-refractivity contribution is 5.98. The molecule has 1 aliphatic rings. The highest BCUT2D eigenvalue weighted by Gasteiger charge is 2.41. The van der Waals surface area contributed by atoms with Gasteiger partial charge in [-0.15, -0.1) is 0 Å². The van der Waals surface area contributed by atoms with E-state index in [1.165, 1.54) is 4.90 Å². The Kier molecular flexibility index (Phi) is 5.72. The molecule has 0 bridgehead atoms. The number of hydrogen-bond donors (Lipinski definition) is 0. The molecule has 0 saturated heterocycles. The second-order valence-electron chi connectivity index (χ2n) is 7.96. The van der Waals surface area contributed by atoms with Crippen LogP contribution in [0, 0.1) is 6.92 Å². The van der Waals surface area contributed by atoms with Crippen LogP contribution in [0.5, 0.6) is 11.5 Å². The molecular weight excluding hydrogens is 394 g/mol. The maximum Gasteiger partial charge on any atom is 0.290 e. The summed E-state index contributed by atoms with van der Waals surface area (Å²) in [5.74, 6) is 1.02. The maximum atomic E-state index is 13.4. The van der Waals surface area contributed by atoms with E-state index in [0.29, 0.717) is 34.6 Å². The van der Waals surface area contributed by atoms with Gasteiger partial charge in [-0.25, -0.2) is 0 Å². The van der Waals surface area contributed by atoms with E-state index in [2.05, 4.69) is 6.92 Å². The maximum absolute atomic E-state index is 13.4. The first-order valence-electron chi connectivity index (χ1n) is 10.6. The number of rotatable bonds is 7. The predicted octanol–water partition coefficient (Wildman–Crippen LogP) is 4.85. The number of methoxy groups -OCH3 is 1. The van der Waals surface area contributed by atoms with Crippen LogP contribution in [0.1, 0.15) is 59.5 Å². The number of carbonyl (C=O) groups excluding carboxylic acids is 1. The van der Waals surface area contributed by atoms with Gasteiger partial charge in [0.1, 0.15) is 5.58 Å². The molecule has 0 N–H and O–H groups in total. The lowest BCUT2D eigenvalue weighted by Gasteiger charge is -2.21. The summed E-state index contributed by atoms with van der Waals surface area (Å²) in [5.41, 5.74) is 2.34. The van der Waals surface area contributed by atoms with Gasteiger partial charge in [0.2, 0.25) is 5.76 Å². The number of hydrogen-bond acceptors (Lipinski definition) is 5. The van der Waals surface area contributed by atoms with Crippen LogP contribution in [-0.2, 0) is 0 Å². The molecule has 4 rings (SSSR count). The highest BCUT2D eigenvalue weighted by Crippen LogP contribution is 2.40. The van der Waals surface area contributed by atoms with Crippen molar-refractivity contribution in [3.05, 3.63) is 69.1 Å². The zero-order chi connectivity index (χ0) is 22.1. The number of unbranched alkanes of at least 4 members (excludes halogenated alkanes) is 2. The summed E-state index contributed by atoms with van der Waals surface area (Å²) >= 11 is 0. The van der Waals surface area contributed by atoms with Crippen molar-refractivity contribution in [2.45, 2.75) is 39.2 Å². The molecule has 162 valence electrons. The minimum atomic E-state index is -0.549. The summed E-state index contributed by atoms with van der Waals surface area (Å²) < 4.78 is 17.3. The summed E-state index contributed by atoms with van der Waals surface area (Å²) in [6.07, 6.45) is 3.20. The van der Waals surface area contributed by atoms with Gasteiger partial charge in [0.25, 0.3) is 5.91 Å². The zero-order valence-electron chi connectivity index (χ0n) is 18.4. The van der Waals surface area contributed by atoms with Gasteiger partial charge in [-0.05, 0) is 43.2 Å². The Balaban J connectivity index is 1.77. The van der Waals surface area contributed by atoms with E-state index in [4.69, 9.17) is 13.9 Å². The molecular formula is C25H27NO5. The Morgan fingerprint density at radius 3 is 2.61 bits per heavy atom. The Labute approximate surface area is 181 Å². The lowest BCUT2D eigenvalue weighted by atomic mass is 9.98. The molecule has 2 heterocycles. The van der Waals surface area contributed by atoms with Crippen molar-refractivity contribution in [1.29, 1.82) is 0 Å². The number of carbonyl (C=O) groups is 1. The van der Waals surface area contributed by atoms with Crippen LogP contribution in [0.4, 0.5) is 0 Å². The van der Waals surface area contributed by atoms with Gasteiger partial charge < -0.3 is 18.8 Å². The molecule has 6 nitrogen and oxygen atoms in total. The third-order valence-corrected chi connectivity index (χ3v) is 5.77. The van der Waals surface area contributed by atoms with Crippen molar-refractivity contribution < 1.29 is 18.7 Å². The molecule has 0 radical (unpaired) electrons. The molecule has 1 aromatic heterocycles. The molecule has 1 amide bonds. The first-order chi connectivity index (χ1) is 15.0. The van der Waals surface area contributed by atoms with Crippen molar-refractivity contribution in [2.24, 2.45) is 0 Å². The molecule has 6 heteroatoms. The van der Waals surface area contributed by atoms with Crippen LogP contribution in [0.15, 0.2) is 45.6 Å². The summed E-state index contributed by atoms with van der Waals surface area (Å²) in [6.45, 7) is 4.68. The molecule has 3 aromatic rings. The average Bonchev–Trinajstić information content (AvgIpc) is 3.02. The molecule has 0 saturated carbocycles. The molecule has 31 heavy (non-hydrogen) atoms. The Hall–Kier alpha value is -3.28. The van der Waals surface area contributed by atoms with Gasteiger partial charge in [0, 0.05) is 7.05 Å². The average molecular weight is 421 g/mol. The minimum absolute atomic E-state index is 0.104. The van der Waals surface area contributed by atoms with Crippen LogP contribution < -0.4 is 14.9 Å². The van der Waals surface area contributed by atoms with Crippen LogP contribution in [0.25, 0.3) is 11.0 Å². The normalized spacial score (nSPS) is 15.4. The second kappa shape index (κ2) is 8.46. The predicted molar refractivity (Wildman–Crippen MR) is 119 cm³/mol. The van der Waals surface area contributed by atoms with Crippen molar-refractivity contribution in [3.8, 4) is 11.5 Å². The number of fused-ring (bicyclic) bond motifs is 2. The van der Waals surface area contributed by atoms with Gasteiger partial charge >= 0.3 is 0 Å². The lowest BCUT2D eigenvalue weighted by Crippen LogP contribution is -2.25. The van der Waals surface area contributed by atoms with Crippen molar-refractivity contribution in [1.82, 2.24) is 4.90 Å². The van der Waals surface area contributed by atoms with E-state index in [0.717, 1.165) is 30.4 Å².